The van der Waals surface area contributed by atoms with Crippen LogP contribution in [0.1, 0.15) is 64.0 Å². The number of carbonyl (C=O) groups is 3. The molecule has 0 radical (unpaired) electrons. The van der Waals surface area contributed by atoms with Crippen molar-refractivity contribution < 1.29 is 24.2 Å². The topological polar surface area (TPSA) is 105 Å². The zero-order valence-electron chi connectivity index (χ0n) is 20.3. The van der Waals surface area contributed by atoms with Crippen LogP contribution < -0.4 is 10.6 Å². The zero-order chi connectivity index (χ0) is 24.9. The van der Waals surface area contributed by atoms with Crippen molar-refractivity contribution in [3.05, 3.63) is 59.7 Å². The first-order chi connectivity index (χ1) is 16.0. The minimum atomic E-state index is -0.894. The number of amides is 2. The number of benzene rings is 2. The fourth-order valence-electron chi connectivity index (χ4n) is 4.36. The first-order valence-electron chi connectivity index (χ1n) is 11.6. The van der Waals surface area contributed by atoms with Gasteiger partial charge in [0.15, 0.2) is 0 Å². The number of carboxylic acid groups (broad SMARTS) is 1. The fraction of sp³-hybridized carbons (Fsp3) is 0.444. The minimum Gasteiger partial charge on any atom is -0.481 e. The third-order valence-corrected chi connectivity index (χ3v) is 6.14. The van der Waals surface area contributed by atoms with Crippen molar-refractivity contribution in [1.82, 2.24) is 10.6 Å². The van der Waals surface area contributed by atoms with Gasteiger partial charge in [-0.05, 0) is 47.9 Å². The molecule has 34 heavy (non-hydrogen) atoms. The summed E-state index contributed by atoms with van der Waals surface area (Å²) in [5.74, 6) is -1.09. The van der Waals surface area contributed by atoms with Crippen molar-refractivity contribution in [1.29, 1.82) is 0 Å². The summed E-state index contributed by atoms with van der Waals surface area (Å²) in [6.45, 7) is 7.89. The lowest BCUT2D eigenvalue weighted by atomic mass is 9.88. The van der Waals surface area contributed by atoms with Gasteiger partial charge >= 0.3 is 12.1 Å². The molecule has 0 saturated heterocycles. The van der Waals surface area contributed by atoms with Crippen LogP contribution in [0.2, 0.25) is 0 Å². The molecule has 7 nitrogen and oxygen atoms in total. The van der Waals surface area contributed by atoms with Crippen LogP contribution in [-0.2, 0) is 14.3 Å². The van der Waals surface area contributed by atoms with E-state index in [9.17, 15) is 14.4 Å². The first-order valence-corrected chi connectivity index (χ1v) is 11.6. The van der Waals surface area contributed by atoms with Crippen molar-refractivity contribution >= 4 is 18.0 Å². The van der Waals surface area contributed by atoms with Crippen LogP contribution in [0.4, 0.5) is 4.79 Å². The number of carbonyl (C=O) groups excluding carboxylic acids is 2. The van der Waals surface area contributed by atoms with Gasteiger partial charge in [-0.1, -0.05) is 62.4 Å². The van der Waals surface area contributed by atoms with E-state index in [-0.39, 0.29) is 37.8 Å². The van der Waals surface area contributed by atoms with E-state index in [1.165, 1.54) is 11.1 Å². The summed E-state index contributed by atoms with van der Waals surface area (Å²) in [6, 6.07) is 16.3. The Morgan fingerprint density at radius 1 is 0.941 bits per heavy atom. The molecular weight excluding hydrogens is 432 g/mol. The van der Waals surface area contributed by atoms with Gasteiger partial charge in [0, 0.05) is 30.8 Å². The molecule has 0 atom stereocenters. The highest BCUT2D eigenvalue weighted by Crippen LogP contribution is 2.44. The summed E-state index contributed by atoms with van der Waals surface area (Å²) in [4.78, 5) is 35.7. The van der Waals surface area contributed by atoms with Crippen LogP contribution in [0.15, 0.2) is 48.5 Å². The number of aliphatic carboxylic acids is 1. The number of nitrogens with one attached hydrogen (secondary N) is 2. The lowest BCUT2D eigenvalue weighted by Gasteiger charge is -2.29. The molecule has 0 aromatic heterocycles. The normalized spacial score (nSPS) is 13.1. The lowest BCUT2D eigenvalue weighted by Crippen LogP contribution is -2.46. The third kappa shape index (κ3) is 6.59. The molecule has 0 spiro atoms. The van der Waals surface area contributed by atoms with Gasteiger partial charge in [-0.2, -0.15) is 0 Å². The molecule has 3 N–H and O–H groups in total. The zero-order valence-corrected chi connectivity index (χ0v) is 20.3. The van der Waals surface area contributed by atoms with Crippen LogP contribution in [0.3, 0.4) is 0 Å². The molecule has 2 aromatic carbocycles. The standard InChI is InChI=1S/C27H34N2O5/c1-26(2,15-23(30)29-27(3,4)14-13-24(31)32)17-28-25(33)34-16-22-20-11-7-5-9-18(20)19-10-6-8-12-21(19)22/h5-12,22H,13-17H2,1-4H3,(H,28,33)(H,29,30)(H,31,32). The van der Waals surface area contributed by atoms with Gasteiger partial charge in [0.05, 0.1) is 0 Å². The Labute approximate surface area is 200 Å². The molecule has 3 rings (SSSR count). The molecule has 0 saturated carbocycles. The SMILES string of the molecule is CC(C)(CNC(=O)OCC1c2ccccc2-c2ccccc21)CC(=O)NC(C)(C)CCC(=O)O. The molecule has 0 heterocycles. The average molecular weight is 467 g/mol. The maximum absolute atomic E-state index is 12.5. The number of alkyl carbamates (subject to hydrolysis) is 1. The molecule has 2 amide bonds. The summed E-state index contributed by atoms with van der Waals surface area (Å²) in [7, 11) is 0. The summed E-state index contributed by atoms with van der Waals surface area (Å²) < 4.78 is 5.57. The fourth-order valence-corrected chi connectivity index (χ4v) is 4.36. The van der Waals surface area contributed by atoms with Gasteiger partial charge in [0.2, 0.25) is 5.91 Å². The van der Waals surface area contributed by atoms with Crippen LogP contribution in [0, 0.1) is 5.41 Å². The van der Waals surface area contributed by atoms with E-state index < -0.39 is 23.0 Å². The molecule has 1 aliphatic carbocycles. The first kappa shape index (κ1) is 25.3. The number of ether oxygens (including phenoxy) is 1. The summed E-state index contributed by atoms with van der Waals surface area (Å²) in [6.07, 6.45) is -0.00298. The van der Waals surface area contributed by atoms with Crippen LogP contribution in [-0.4, -0.2) is 41.8 Å². The molecule has 182 valence electrons. The Hall–Kier alpha value is -3.35. The van der Waals surface area contributed by atoms with Gasteiger partial charge < -0.3 is 20.5 Å². The molecular formula is C27H34N2O5. The highest BCUT2D eigenvalue weighted by molar-refractivity contribution is 5.79. The van der Waals surface area contributed by atoms with Crippen molar-refractivity contribution in [2.75, 3.05) is 13.2 Å². The van der Waals surface area contributed by atoms with E-state index in [0.29, 0.717) is 6.42 Å². The Balaban J connectivity index is 1.49. The summed E-state index contributed by atoms with van der Waals surface area (Å²) >= 11 is 0. The second-order valence-electron chi connectivity index (χ2n) is 10.3. The van der Waals surface area contributed by atoms with Crippen molar-refractivity contribution in [2.45, 2.75) is 58.4 Å². The van der Waals surface area contributed by atoms with E-state index in [2.05, 4.69) is 34.9 Å². The van der Waals surface area contributed by atoms with Gasteiger partial charge in [-0.25, -0.2) is 4.79 Å². The highest BCUT2D eigenvalue weighted by atomic mass is 16.5. The minimum absolute atomic E-state index is 0.00929. The van der Waals surface area contributed by atoms with Gasteiger partial charge in [0.1, 0.15) is 6.61 Å². The van der Waals surface area contributed by atoms with E-state index >= 15 is 0 Å². The number of carboxylic acids is 1. The summed E-state index contributed by atoms with van der Waals surface area (Å²) in [5.41, 5.74) is 3.53. The molecule has 0 aliphatic heterocycles. The Kier molecular flexibility index (Phi) is 7.64. The lowest BCUT2D eigenvalue weighted by molar-refractivity contribution is -0.138. The van der Waals surface area contributed by atoms with Crippen LogP contribution in [0.25, 0.3) is 11.1 Å². The molecule has 7 heteroatoms. The predicted molar refractivity (Wildman–Crippen MR) is 131 cm³/mol. The van der Waals surface area contributed by atoms with E-state index in [4.69, 9.17) is 9.84 Å². The second kappa shape index (κ2) is 10.3. The maximum atomic E-state index is 12.5. The maximum Gasteiger partial charge on any atom is 0.407 e. The van der Waals surface area contributed by atoms with Crippen LogP contribution in [0.5, 0.6) is 0 Å². The largest absolute Gasteiger partial charge is 0.481 e. The molecule has 2 aromatic rings. The second-order valence-corrected chi connectivity index (χ2v) is 10.3. The Bertz CT molecular complexity index is 1010. The van der Waals surface area contributed by atoms with Crippen molar-refractivity contribution in [3.63, 3.8) is 0 Å². The Morgan fingerprint density at radius 2 is 1.50 bits per heavy atom. The highest BCUT2D eigenvalue weighted by Gasteiger charge is 2.30. The van der Waals surface area contributed by atoms with Gasteiger partial charge in [-0.3, -0.25) is 9.59 Å². The smallest absolute Gasteiger partial charge is 0.407 e. The quantitative estimate of drug-likeness (QED) is 0.471. The number of hydrogen-bond acceptors (Lipinski definition) is 4. The summed E-state index contributed by atoms with van der Waals surface area (Å²) in [5, 5.41) is 14.5. The molecule has 0 unspecified atom stereocenters. The number of fused-ring (bicyclic) bond motifs is 3. The molecule has 0 bridgehead atoms. The average Bonchev–Trinajstić information content (AvgIpc) is 3.08. The Morgan fingerprint density at radius 3 is 2.06 bits per heavy atom. The molecule has 1 aliphatic rings. The van der Waals surface area contributed by atoms with E-state index in [1.807, 2.05) is 38.1 Å². The van der Waals surface area contributed by atoms with Crippen LogP contribution >= 0.6 is 0 Å². The van der Waals surface area contributed by atoms with Crippen molar-refractivity contribution in [3.8, 4) is 11.1 Å². The third-order valence-electron chi connectivity index (χ3n) is 6.14. The number of rotatable bonds is 10. The molecule has 0 fully saturated rings. The predicted octanol–water partition coefficient (Wildman–Crippen LogP) is 4.70. The van der Waals surface area contributed by atoms with Crippen molar-refractivity contribution in [2.24, 2.45) is 5.41 Å². The number of hydrogen-bond donors (Lipinski definition) is 3. The van der Waals surface area contributed by atoms with Gasteiger partial charge in [-0.15, -0.1) is 0 Å². The monoisotopic (exact) mass is 466 g/mol. The van der Waals surface area contributed by atoms with E-state index in [0.717, 1.165) is 11.1 Å². The van der Waals surface area contributed by atoms with Gasteiger partial charge in [0.25, 0.3) is 0 Å². The van der Waals surface area contributed by atoms with E-state index in [1.54, 1.807) is 13.8 Å².